The Morgan fingerprint density at radius 2 is 2.11 bits per heavy atom. The van der Waals surface area contributed by atoms with Crippen molar-refractivity contribution in [3.8, 4) is 5.75 Å². The molecule has 1 N–H and O–H groups in total. The van der Waals surface area contributed by atoms with E-state index in [0.29, 0.717) is 6.61 Å². The normalized spacial score (nSPS) is 10.8. The smallest absolute Gasteiger partial charge is 0.244 e. The first kappa shape index (κ1) is 14.3. The van der Waals surface area contributed by atoms with Gasteiger partial charge < -0.3 is 10.1 Å². The van der Waals surface area contributed by atoms with E-state index < -0.39 is 5.54 Å². The number of rotatable bonds is 6. The summed E-state index contributed by atoms with van der Waals surface area (Å²) in [6.07, 6.45) is 2.23. The summed E-state index contributed by atoms with van der Waals surface area (Å²) < 4.78 is 5.71. The lowest BCUT2D eigenvalue weighted by Gasteiger charge is -2.28. The van der Waals surface area contributed by atoms with E-state index in [4.69, 9.17) is 4.74 Å². The van der Waals surface area contributed by atoms with Gasteiger partial charge in [0, 0.05) is 5.56 Å². The molecule has 3 nitrogen and oxygen atoms in total. The fraction of sp³-hybridized carbons (Fsp3) is 0.400. The van der Waals surface area contributed by atoms with Crippen molar-refractivity contribution < 1.29 is 9.53 Å². The number of para-hydroxylation sites is 1. The first-order chi connectivity index (χ1) is 8.51. The predicted octanol–water partition coefficient (Wildman–Crippen LogP) is 3.01. The highest BCUT2D eigenvalue weighted by molar-refractivity contribution is 5.87. The topological polar surface area (TPSA) is 38.3 Å². The number of carbonyl (C=O) groups excluding carboxylic acids is 1. The van der Waals surface area contributed by atoms with Crippen LogP contribution < -0.4 is 10.1 Å². The molecule has 1 amide bonds. The third-order valence-electron chi connectivity index (χ3n) is 2.64. The zero-order valence-electron chi connectivity index (χ0n) is 11.3. The Morgan fingerprint density at radius 1 is 1.44 bits per heavy atom. The summed E-state index contributed by atoms with van der Waals surface area (Å²) in [5.41, 5.74) is 0.476. The van der Waals surface area contributed by atoms with Gasteiger partial charge in [-0.05, 0) is 32.4 Å². The van der Waals surface area contributed by atoms with Crippen LogP contribution >= 0.6 is 0 Å². The van der Waals surface area contributed by atoms with Gasteiger partial charge >= 0.3 is 0 Å². The Hall–Kier alpha value is -1.77. The number of benzene rings is 1. The van der Waals surface area contributed by atoms with E-state index in [2.05, 4.69) is 18.8 Å². The Morgan fingerprint density at radius 3 is 2.72 bits per heavy atom. The molecule has 0 aromatic heterocycles. The van der Waals surface area contributed by atoms with Crippen LogP contribution in [0.3, 0.4) is 0 Å². The predicted molar refractivity (Wildman–Crippen MR) is 73.6 cm³/mol. The summed E-state index contributed by atoms with van der Waals surface area (Å²) in [4.78, 5) is 11.5. The Labute approximate surface area is 109 Å². The minimum absolute atomic E-state index is 0.190. The second-order valence-corrected chi connectivity index (χ2v) is 4.66. The molecule has 98 valence electrons. The van der Waals surface area contributed by atoms with Crippen LogP contribution in [-0.4, -0.2) is 12.5 Å². The van der Waals surface area contributed by atoms with Crippen LogP contribution in [0.4, 0.5) is 0 Å². The Balaban J connectivity index is 2.98. The van der Waals surface area contributed by atoms with E-state index in [-0.39, 0.29) is 5.91 Å². The van der Waals surface area contributed by atoms with Crippen LogP contribution in [0.25, 0.3) is 0 Å². The molecular formula is C15H21NO2. The van der Waals surface area contributed by atoms with Crippen molar-refractivity contribution in [3.63, 3.8) is 0 Å². The summed E-state index contributed by atoms with van der Waals surface area (Å²) in [6.45, 7) is 10.1. The van der Waals surface area contributed by atoms with Crippen molar-refractivity contribution in [2.75, 3.05) is 6.61 Å². The molecule has 0 aliphatic carbocycles. The number of hydrogen-bond donors (Lipinski definition) is 1. The van der Waals surface area contributed by atoms with Crippen molar-refractivity contribution in [2.24, 2.45) is 0 Å². The summed E-state index contributed by atoms with van der Waals surface area (Å²) in [5, 5.41) is 2.90. The molecule has 0 unspecified atom stereocenters. The first-order valence-electron chi connectivity index (χ1n) is 6.18. The van der Waals surface area contributed by atoms with Crippen molar-refractivity contribution in [1.82, 2.24) is 5.32 Å². The SMILES string of the molecule is C=CC(=O)NC(C)(C)c1ccccc1OCCC. The molecule has 0 radical (unpaired) electrons. The van der Waals surface area contributed by atoms with Crippen LogP contribution in [-0.2, 0) is 10.3 Å². The fourth-order valence-corrected chi connectivity index (χ4v) is 1.75. The largest absolute Gasteiger partial charge is 0.493 e. The van der Waals surface area contributed by atoms with Crippen LogP contribution in [0.15, 0.2) is 36.9 Å². The van der Waals surface area contributed by atoms with Crippen LogP contribution in [0.1, 0.15) is 32.8 Å². The maximum absolute atomic E-state index is 11.5. The van der Waals surface area contributed by atoms with Gasteiger partial charge in [0.2, 0.25) is 5.91 Å². The highest BCUT2D eigenvalue weighted by Crippen LogP contribution is 2.29. The molecule has 1 aromatic carbocycles. The molecule has 0 heterocycles. The van der Waals surface area contributed by atoms with E-state index in [1.807, 2.05) is 38.1 Å². The van der Waals surface area contributed by atoms with Crippen LogP contribution in [0, 0.1) is 0 Å². The van der Waals surface area contributed by atoms with Crippen molar-refractivity contribution in [2.45, 2.75) is 32.7 Å². The minimum atomic E-state index is -0.490. The van der Waals surface area contributed by atoms with Gasteiger partial charge in [0.05, 0.1) is 12.1 Å². The van der Waals surface area contributed by atoms with E-state index in [0.717, 1.165) is 17.7 Å². The monoisotopic (exact) mass is 247 g/mol. The second kappa shape index (κ2) is 6.24. The average Bonchev–Trinajstić information content (AvgIpc) is 2.36. The minimum Gasteiger partial charge on any atom is -0.493 e. The zero-order valence-corrected chi connectivity index (χ0v) is 11.3. The molecule has 0 fully saturated rings. The summed E-state index contributed by atoms with van der Waals surface area (Å²) >= 11 is 0. The lowest BCUT2D eigenvalue weighted by molar-refractivity contribution is -0.118. The highest BCUT2D eigenvalue weighted by atomic mass is 16.5. The molecule has 1 rings (SSSR count). The lowest BCUT2D eigenvalue weighted by Crippen LogP contribution is -2.40. The van der Waals surface area contributed by atoms with Gasteiger partial charge in [-0.15, -0.1) is 0 Å². The standard InChI is InChI=1S/C15H21NO2/c1-5-11-18-13-10-8-7-9-12(13)15(3,4)16-14(17)6-2/h6-10H,2,5,11H2,1,3-4H3,(H,16,17). The van der Waals surface area contributed by atoms with Crippen LogP contribution in [0.2, 0.25) is 0 Å². The molecular weight excluding hydrogens is 226 g/mol. The molecule has 18 heavy (non-hydrogen) atoms. The van der Waals surface area contributed by atoms with Gasteiger partial charge in [0.1, 0.15) is 5.75 Å². The van der Waals surface area contributed by atoms with Gasteiger partial charge in [-0.25, -0.2) is 0 Å². The number of hydrogen-bond acceptors (Lipinski definition) is 2. The highest BCUT2D eigenvalue weighted by Gasteiger charge is 2.25. The number of carbonyl (C=O) groups is 1. The molecule has 0 aliphatic rings. The van der Waals surface area contributed by atoms with Crippen molar-refractivity contribution in [1.29, 1.82) is 0 Å². The quantitative estimate of drug-likeness (QED) is 0.785. The van der Waals surface area contributed by atoms with E-state index in [9.17, 15) is 4.79 Å². The number of nitrogens with one attached hydrogen (secondary N) is 1. The summed E-state index contributed by atoms with van der Waals surface area (Å²) in [6, 6.07) is 7.76. The Bertz CT molecular complexity index is 424. The third kappa shape index (κ3) is 3.62. The fourth-order valence-electron chi connectivity index (χ4n) is 1.75. The Kier molecular flexibility index (Phi) is 4.95. The van der Waals surface area contributed by atoms with Gasteiger partial charge in [0.25, 0.3) is 0 Å². The summed E-state index contributed by atoms with van der Waals surface area (Å²) in [7, 11) is 0. The van der Waals surface area contributed by atoms with E-state index in [1.165, 1.54) is 6.08 Å². The van der Waals surface area contributed by atoms with Crippen molar-refractivity contribution in [3.05, 3.63) is 42.5 Å². The van der Waals surface area contributed by atoms with Gasteiger partial charge in [-0.3, -0.25) is 4.79 Å². The van der Waals surface area contributed by atoms with Gasteiger partial charge in [-0.2, -0.15) is 0 Å². The number of ether oxygens (including phenoxy) is 1. The second-order valence-electron chi connectivity index (χ2n) is 4.66. The molecule has 0 saturated carbocycles. The maximum atomic E-state index is 11.5. The molecule has 0 bridgehead atoms. The first-order valence-corrected chi connectivity index (χ1v) is 6.18. The van der Waals surface area contributed by atoms with E-state index in [1.54, 1.807) is 0 Å². The third-order valence-corrected chi connectivity index (χ3v) is 2.64. The van der Waals surface area contributed by atoms with Gasteiger partial charge in [0.15, 0.2) is 0 Å². The molecule has 0 spiro atoms. The maximum Gasteiger partial charge on any atom is 0.244 e. The van der Waals surface area contributed by atoms with E-state index >= 15 is 0 Å². The molecule has 1 aromatic rings. The number of amides is 1. The molecule has 0 atom stereocenters. The van der Waals surface area contributed by atoms with Crippen LogP contribution in [0.5, 0.6) is 5.75 Å². The zero-order chi connectivity index (χ0) is 13.6. The molecule has 3 heteroatoms. The lowest BCUT2D eigenvalue weighted by atomic mass is 9.93. The van der Waals surface area contributed by atoms with Gasteiger partial charge in [-0.1, -0.05) is 31.7 Å². The van der Waals surface area contributed by atoms with Crippen molar-refractivity contribution >= 4 is 5.91 Å². The average molecular weight is 247 g/mol. The molecule has 0 saturated heterocycles. The summed E-state index contributed by atoms with van der Waals surface area (Å²) in [5.74, 6) is 0.624. The molecule has 0 aliphatic heterocycles.